The number of hydrogen-bond acceptors (Lipinski definition) is 21. The molecular formula is C61H72N14O24. The fourth-order valence-electron chi connectivity index (χ4n) is 10.3. The van der Waals surface area contributed by atoms with Crippen molar-refractivity contribution in [3.8, 4) is 5.75 Å². The number of hydrogen-bond donors (Lipinski definition) is 21. The second-order valence-electron chi connectivity index (χ2n) is 22.8. The van der Waals surface area contributed by atoms with Gasteiger partial charge in [0.25, 0.3) is 0 Å². The number of carbonyl (C=O) groups is 16. The van der Waals surface area contributed by atoms with Crippen LogP contribution in [0.4, 0.5) is 0 Å². The number of nitrogens with one attached hydrogen (secondary N) is 12. The van der Waals surface area contributed by atoms with Gasteiger partial charge in [-0.05, 0) is 53.8 Å². The Morgan fingerprint density at radius 3 is 1.55 bits per heavy atom. The smallest absolute Gasteiger partial charge is 0.329 e. The summed E-state index contributed by atoms with van der Waals surface area (Å²) in [7, 11) is 0. The van der Waals surface area contributed by atoms with Crippen LogP contribution in [0.3, 0.4) is 0 Å². The third kappa shape index (κ3) is 21.2. The molecule has 5 aromatic rings. The van der Waals surface area contributed by atoms with Crippen LogP contribution >= 0.6 is 0 Å². The molecule has 3 heterocycles. The maximum Gasteiger partial charge on any atom is 0.329 e. The molecule has 530 valence electrons. The van der Waals surface area contributed by atoms with Crippen molar-refractivity contribution in [2.45, 2.75) is 125 Å². The molecule has 1 fully saturated rings. The van der Waals surface area contributed by atoms with E-state index < -0.39 is 231 Å². The molecule has 13 atom stereocenters. The molecule has 0 aliphatic carbocycles. The monoisotopic (exact) mass is 1380 g/mol. The maximum absolute atomic E-state index is 15.0. The van der Waals surface area contributed by atoms with E-state index in [0.717, 1.165) is 38.1 Å². The second kappa shape index (κ2) is 34.6. The molecule has 0 radical (unpaired) electrons. The van der Waals surface area contributed by atoms with Crippen molar-refractivity contribution < 1.29 is 117 Å². The standard InChI is InChI=1S/C61H72N14O24/c1-25(15-42(79)80)46-57(94)71-40(17-29-22-65-35-10-6-4-8-32(29)35)61(98)99-26(2)47(74-52(89)33(62)24-76)58(95)69-36(16-28-21-64-34-9-5-3-7-31(28)34)54(91)67-38(19-44(83)84)55(92)68-39(20-45(85)86)56(93)75-48(27-11-13-30(77)14-12-27)59(96)70-37(18-43(81)82)53(90)66-23-41(78)72-49(60(97)73-46)50(87)51(63)88/h3-14,21-22,25-26,33,36-40,46-50,64-65,76-77,87H,15-20,23-24,62H2,1-2H3,(H2,63,88)(H,66,90)(H,67,91)(H,68,92)(H,69,95)(H,70,96)(H,71,94)(H,72,78)(H,73,97)(H,74,89)(H,75,93)(H,79,80)(H,81,82)(H,83,84)(H,85,86)/t25-,26+,33-,36+,37-,38-,39-,40?,46-,47-,48+,49+,50-/m1/s1. The summed E-state index contributed by atoms with van der Waals surface area (Å²) in [6.45, 7) is -0.203. The van der Waals surface area contributed by atoms with E-state index in [-0.39, 0.29) is 16.7 Å². The molecular weight excluding hydrogens is 1310 g/mol. The molecule has 11 amide bonds. The number of carboxylic acids is 4. The molecule has 38 nitrogen and oxygen atoms in total. The van der Waals surface area contributed by atoms with Crippen molar-refractivity contribution >= 4 is 117 Å². The third-order valence-electron chi connectivity index (χ3n) is 15.4. The highest BCUT2D eigenvalue weighted by atomic mass is 16.5. The molecule has 0 spiro atoms. The van der Waals surface area contributed by atoms with Gasteiger partial charge in [-0.2, -0.15) is 0 Å². The minimum Gasteiger partial charge on any atom is -0.508 e. The first kappa shape index (κ1) is 76.0. The summed E-state index contributed by atoms with van der Waals surface area (Å²) in [6, 6.07) is -4.67. The summed E-state index contributed by atoms with van der Waals surface area (Å²) < 4.78 is 5.82. The lowest BCUT2D eigenvalue weighted by Gasteiger charge is -2.30. The summed E-state index contributed by atoms with van der Waals surface area (Å²) in [5.41, 5.74) is 12.4. The molecule has 0 bridgehead atoms. The zero-order valence-corrected chi connectivity index (χ0v) is 52.5. The van der Waals surface area contributed by atoms with Crippen LogP contribution in [-0.4, -0.2) is 220 Å². The molecule has 1 aliphatic rings. The van der Waals surface area contributed by atoms with Gasteiger partial charge in [0.2, 0.25) is 65.0 Å². The fraction of sp³-hybridized carbons (Fsp3) is 0.377. The van der Waals surface area contributed by atoms with Crippen LogP contribution in [0, 0.1) is 5.92 Å². The van der Waals surface area contributed by atoms with Gasteiger partial charge in [0, 0.05) is 47.0 Å². The summed E-state index contributed by atoms with van der Waals surface area (Å²) >= 11 is 0. The number of ether oxygens (including phenoxy) is 1. The largest absolute Gasteiger partial charge is 0.508 e. The van der Waals surface area contributed by atoms with E-state index in [2.05, 4.69) is 41.9 Å². The Labute approximate surface area is 558 Å². The number of phenols is 1. The SMILES string of the molecule is C[C@H](CC(=O)O)[C@H]1NC(=O)[C@H]([C@@H](O)C(N)=O)NC(=O)CNC(=O)[C@@H](CC(=O)O)NC(=O)[C@H](c2ccc(O)cc2)NC(=O)[C@@H](CC(=O)O)NC(=O)[C@@H](CC(=O)O)NC(=O)[C@H](Cc2c[nH]c3ccccc23)NC(=O)[C@H](NC(=O)[C@H](N)CO)[C@H](C)OC(=O)C(Cc2c[nH]c3ccccc23)NC1=O. The molecule has 2 aromatic heterocycles. The van der Waals surface area contributed by atoms with E-state index in [4.69, 9.17) is 16.2 Å². The number of cyclic esters (lactones) is 1. The van der Waals surface area contributed by atoms with Gasteiger partial charge < -0.3 is 115 Å². The molecule has 1 aliphatic heterocycles. The van der Waals surface area contributed by atoms with Gasteiger partial charge in [-0.1, -0.05) is 55.5 Å². The van der Waals surface area contributed by atoms with Gasteiger partial charge in [0.05, 0.1) is 38.8 Å². The highest BCUT2D eigenvalue weighted by Gasteiger charge is 2.42. The van der Waals surface area contributed by atoms with E-state index >= 15 is 0 Å². The van der Waals surface area contributed by atoms with Gasteiger partial charge in [0.15, 0.2) is 6.10 Å². The molecule has 23 N–H and O–H groups in total. The van der Waals surface area contributed by atoms with E-state index in [0.29, 0.717) is 21.8 Å². The lowest BCUT2D eigenvalue weighted by atomic mass is 9.95. The zero-order valence-electron chi connectivity index (χ0n) is 52.5. The fourth-order valence-corrected chi connectivity index (χ4v) is 10.3. The number of nitrogens with two attached hydrogens (primary N) is 2. The lowest BCUT2D eigenvalue weighted by molar-refractivity contribution is -0.156. The third-order valence-corrected chi connectivity index (χ3v) is 15.4. The van der Waals surface area contributed by atoms with Gasteiger partial charge in [-0.3, -0.25) is 71.9 Å². The number of aromatic hydroxyl groups is 1. The molecule has 0 saturated carbocycles. The van der Waals surface area contributed by atoms with E-state index in [1.54, 1.807) is 48.5 Å². The Bertz CT molecular complexity index is 3910. The molecule has 38 heteroatoms. The summed E-state index contributed by atoms with van der Waals surface area (Å²) in [4.78, 5) is 225. The summed E-state index contributed by atoms with van der Waals surface area (Å²) in [5.74, 6) is -26.9. The van der Waals surface area contributed by atoms with E-state index in [9.17, 15) is 112 Å². The van der Waals surface area contributed by atoms with E-state index in [1.165, 1.54) is 12.4 Å². The van der Waals surface area contributed by atoms with Crippen LogP contribution in [-0.2, 0) is 94.3 Å². The van der Waals surface area contributed by atoms with Crippen molar-refractivity contribution in [1.82, 2.24) is 63.1 Å². The number of carboxylic acid groups (broad SMARTS) is 4. The van der Waals surface area contributed by atoms with Crippen LogP contribution in [0.15, 0.2) is 85.2 Å². The number of aliphatic carboxylic acids is 4. The number of aliphatic hydroxyl groups excluding tert-OH is 2. The number of aromatic amines is 2. The lowest BCUT2D eigenvalue weighted by Crippen LogP contribution is -2.63. The number of carbonyl (C=O) groups excluding carboxylic acids is 12. The van der Waals surface area contributed by atoms with Crippen molar-refractivity contribution in [3.05, 3.63) is 102 Å². The minimum atomic E-state index is -2.70. The van der Waals surface area contributed by atoms with Crippen LogP contribution in [0.25, 0.3) is 21.8 Å². The number of benzene rings is 3. The van der Waals surface area contributed by atoms with Crippen molar-refractivity contribution in [1.29, 1.82) is 0 Å². The van der Waals surface area contributed by atoms with Crippen molar-refractivity contribution in [2.24, 2.45) is 17.4 Å². The molecule has 3 aromatic carbocycles. The average Bonchev–Trinajstić information content (AvgIpc) is 1.78. The summed E-state index contributed by atoms with van der Waals surface area (Å²) in [5, 5.41) is 93.0. The topological polar surface area (TPSA) is 628 Å². The predicted molar refractivity (Wildman–Crippen MR) is 335 cm³/mol. The molecule has 99 heavy (non-hydrogen) atoms. The number of H-pyrrole nitrogens is 2. The highest BCUT2D eigenvalue weighted by molar-refractivity contribution is 6.02. The van der Waals surface area contributed by atoms with Gasteiger partial charge >= 0.3 is 29.8 Å². The predicted octanol–water partition coefficient (Wildman–Crippen LogP) is -6.36. The summed E-state index contributed by atoms with van der Waals surface area (Å²) in [6.07, 6.45) is -7.92. The Morgan fingerprint density at radius 1 is 0.566 bits per heavy atom. The molecule has 1 saturated heterocycles. The van der Waals surface area contributed by atoms with Crippen molar-refractivity contribution in [2.75, 3.05) is 13.2 Å². The first-order chi connectivity index (χ1) is 46.7. The Balaban J connectivity index is 1.51. The van der Waals surface area contributed by atoms with Crippen LogP contribution < -0.4 is 64.6 Å². The number of fused-ring (bicyclic) bond motifs is 2. The first-order valence-electron chi connectivity index (χ1n) is 30.1. The zero-order chi connectivity index (χ0) is 73.1. The number of aliphatic hydroxyl groups is 2. The second-order valence-corrected chi connectivity index (χ2v) is 22.8. The maximum atomic E-state index is 15.0. The molecule has 1 unspecified atom stereocenters. The van der Waals surface area contributed by atoms with E-state index in [1.807, 2.05) is 21.3 Å². The highest BCUT2D eigenvalue weighted by Crippen LogP contribution is 2.24. The normalized spacial score (nSPS) is 23.4. The Hall–Kier alpha value is -12.1. The van der Waals surface area contributed by atoms with Gasteiger partial charge in [0.1, 0.15) is 72.3 Å². The average molecular weight is 1390 g/mol. The van der Waals surface area contributed by atoms with Crippen LogP contribution in [0.5, 0.6) is 5.75 Å². The minimum absolute atomic E-state index is 0.257. The number of primary amides is 1. The number of phenolic OH excluding ortho intramolecular Hbond substituents is 1. The Morgan fingerprint density at radius 2 is 1.03 bits per heavy atom. The van der Waals surface area contributed by atoms with Crippen molar-refractivity contribution in [3.63, 3.8) is 0 Å². The first-order valence-corrected chi connectivity index (χ1v) is 30.1. The number of para-hydroxylation sites is 2. The molecule has 6 rings (SSSR count). The number of amides is 11. The van der Waals surface area contributed by atoms with Gasteiger partial charge in [-0.25, -0.2) is 4.79 Å². The van der Waals surface area contributed by atoms with Gasteiger partial charge in [-0.15, -0.1) is 0 Å². The number of aromatic nitrogens is 2. The van der Waals surface area contributed by atoms with Crippen LogP contribution in [0.2, 0.25) is 0 Å². The number of esters is 1. The number of rotatable bonds is 19. The quantitative estimate of drug-likeness (QED) is 0.0342. The van der Waals surface area contributed by atoms with Crippen LogP contribution in [0.1, 0.15) is 62.3 Å². The Kier molecular flexibility index (Phi) is 26.5.